The van der Waals surface area contributed by atoms with Gasteiger partial charge in [-0.25, -0.2) is 17.2 Å². The number of halogens is 4. The van der Waals surface area contributed by atoms with Crippen LogP contribution in [0.25, 0.3) is 0 Å². The summed E-state index contributed by atoms with van der Waals surface area (Å²) in [6.45, 7) is -0.190. The number of alkyl halides is 4. The van der Waals surface area contributed by atoms with Gasteiger partial charge >= 0.3 is 12.3 Å². The van der Waals surface area contributed by atoms with E-state index in [4.69, 9.17) is 5.73 Å². The second-order valence-electron chi connectivity index (χ2n) is 4.22. The molecule has 0 amide bonds. The molecule has 9 heteroatoms. The first-order valence-corrected chi connectivity index (χ1v) is 7.62. The summed E-state index contributed by atoms with van der Waals surface area (Å²) in [4.78, 5) is 0. The maximum absolute atomic E-state index is 12.5. The molecule has 116 valence electrons. The zero-order valence-electron chi connectivity index (χ0n) is 10.6. The van der Waals surface area contributed by atoms with Crippen LogP contribution in [0.15, 0.2) is 0 Å². The summed E-state index contributed by atoms with van der Waals surface area (Å²) in [5, 5.41) is 0. The molecule has 1 atom stereocenters. The lowest BCUT2D eigenvalue weighted by Gasteiger charge is -2.17. The average Bonchev–Trinajstić information content (AvgIpc) is 2.28. The first-order valence-electron chi connectivity index (χ1n) is 5.80. The molecule has 4 nitrogen and oxygen atoms in total. The molecule has 0 fully saturated rings. The van der Waals surface area contributed by atoms with E-state index in [9.17, 15) is 26.0 Å². The Bertz CT molecular complexity index is 349. The molecule has 0 rings (SSSR count). The van der Waals surface area contributed by atoms with Crippen LogP contribution >= 0.6 is 0 Å². The summed E-state index contributed by atoms with van der Waals surface area (Å²) in [5.41, 5.74) is 5.50. The molecular weight excluding hydrogens is 290 g/mol. The molecule has 2 N–H and O–H groups in total. The molecule has 0 heterocycles. The monoisotopic (exact) mass is 309 g/mol. The molecule has 0 aliphatic carbocycles. The zero-order valence-corrected chi connectivity index (χ0v) is 11.4. The third-order valence-electron chi connectivity index (χ3n) is 2.42. The van der Waals surface area contributed by atoms with Gasteiger partial charge in [-0.15, -0.1) is 0 Å². The van der Waals surface area contributed by atoms with E-state index >= 15 is 0 Å². The van der Waals surface area contributed by atoms with Crippen LogP contribution < -0.4 is 5.73 Å². The van der Waals surface area contributed by atoms with E-state index in [-0.39, 0.29) is 31.0 Å². The average molecular weight is 309 g/mol. The first-order chi connectivity index (χ1) is 8.60. The summed E-state index contributed by atoms with van der Waals surface area (Å²) in [7, 11) is -3.09. The predicted octanol–water partition coefficient (Wildman–Crippen LogP) is 1.45. The Balaban J connectivity index is 3.80. The molecule has 0 saturated heterocycles. The molecule has 0 aromatic carbocycles. The van der Waals surface area contributed by atoms with Gasteiger partial charge in [0.15, 0.2) is 0 Å². The minimum atomic E-state index is -4.19. The van der Waals surface area contributed by atoms with Crippen LogP contribution in [0, 0.1) is 0 Å². The molecule has 1 unspecified atom stereocenters. The Labute approximate surface area is 110 Å². The van der Waals surface area contributed by atoms with Gasteiger partial charge in [0.05, 0.1) is 12.4 Å². The Morgan fingerprint density at radius 1 is 1.32 bits per heavy atom. The molecular formula is C10H19F4NO3S. The molecule has 0 aliphatic heterocycles. The Hall–Kier alpha value is -0.410. The first kappa shape index (κ1) is 18.6. The van der Waals surface area contributed by atoms with Crippen LogP contribution in [0.5, 0.6) is 0 Å². The maximum Gasteiger partial charge on any atom is 0.330 e. The van der Waals surface area contributed by atoms with Crippen molar-refractivity contribution < 1.29 is 30.7 Å². The van der Waals surface area contributed by atoms with Gasteiger partial charge in [0.2, 0.25) is 0 Å². The summed E-state index contributed by atoms with van der Waals surface area (Å²) in [5.74, 6) is -4.20. The van der Waals surface area contributed by atoms with E-state index < -0.39 is 34.8 Å². The standard InChI is InChI=1S/C10H19F4NO3S/c1-2-19(16,17)5-3-4-8(15)6-18-7-10(13,14)9(11)12/h8-9H,2-7,15H2,1H3. The van der Waals surface area contributed by atoms with Gasteiger partial charge in [0, 0.05) is 11.8 Å². The van der Waals surface area contributed by atoms with E-state index in [0.29, 0.717) is 0 Å². The van der Waals surface area contributed by atoms with Gasteiger partial charge in [0.25, 0.3) is 0 Å². The highest BCUT2D eigenvalue weighted by molar-refractivity contribution is 7.91. The molecule has 0 aromatic heterocycles. The zero-order chi connectivity index (χ0) is 15.1. The van der Waals surface area contributed by atoms with Crippen molar-refractivity contribution in [3.8, 4) is 0 Å². The highest BCUT2D eigenvalue weighted by atomic mass is 32.2. The van der Waals surface area contributed by atoms with E-state index in [1.54, 1.807) is 0 Å². The van der Waals surface area contributed by atoms with Gasteiger partial charge in [-0.1, -0.05) is 6.92 Å². The van der Waals surface area contributed by atoms with Crippen molar-refractivity contribution in [3.63, 3.8) is 0 Å². The van der Waals surface area contributed by atoms with Crippen molar-refractivity contribution in [2.75, 3.05) is 24.7 Å². The third-order valence-corrected chi connectivity index (χ3v) is 4.21. The number of hydrogen-bond donors (Lipinski definition) is 1. The highest BCUT2D eigenvalue weighted by Crippen LogP contribution is 2.22. The fraction of sp³-hybridized carbons (Fsp3) is 1.00. The molecule has 0 radical (unpaired) electrons. The molecule has 0 spiro atoms. The minimum absolute atomic E-state index is 0.0271. The second-order valence-corrected chi connectivity index (χ2v) is 6.69. The Kier molecular flexibility index (Phi) is 7.83. The van der Waals surface area contributed by atoms with Crippen molar-refractivity contribution in [1.29, 1.82) is 0 Å². The summed E-state index contributed by atoms with van der Waals surface area (Å²) in [6, 6.07) is -0.652. The number of rotatable bonds is 10. The number of ether oxygens (including phenoxy) is 1. The summed E-state index contributed by atoms with van der Waals surface area (Å²) in [6.07, 6.45) is -3.23. The highest BCUT2D eigenvalue weighted by Gasteiger charge is 2.40. The summed E-state index contributed by atoms with van der Waals surface area (Å²) < 4.78 is 75.2. The van der Waals surface area contributed by atoms with Crippen LogP contribution in [0.2, 0.25) is 0 Å². The van der Waals surface area contributed by atoms with Crippen molar-refractivity contribution in [1.82, 2.24) is 0 Å². The fourth-order valence-electron chi connectivity index (χ4n) is 1.20. The number of hydrogen-bond acceptors (Lipinski definition) is 4. The van der Waals surface area contributed by atoms with Crippen molar-refractivity contribution in [2.24, 2.45) is 5.73 Å². The second kappa shape index (κ2) is 8.01. The SMILES string of the molecule is CCS(=O)(=O)CCCC(N)COCC(F)(F)C(F)F. The van der Waals surface area contributed by atoms with E-state index in [1.807, 2.05) is 0 Å². The van der Waals surface area contributed by atoms with Gasteiger partial charge in [-0.3, -0.25) is 0 Å². The van der Waals surface area contributed by atoms with Crippen LogP contribution in [-0.2, 0) is 14.6 Å². The van der Waals surface area contributed by atoms with Crippen molar-refractivity contribution in [3.05, 3.63) is 0 Å². The summed E-state index contributed by atoms with van der Waals surface area (Å²) >= 11 is 0. The fourth-order valence-corrected chi connectivity index (χ4v) is 2.10. The quantitative estimate of drug-likeness (QED) is 0.620. The number of nitrogens with two attached hydrogens (primary N) is 1. The molecule has 0 bridgehead atoms. The third kappa shape index (κ3) is 8.38. The lowest BCUT2D eigenvalue weighted by atomic mass is 10.2. The lowest BCUT2D eigenvalue weighted by Crippen LogP contribution is -2.35. The minimum Gasteiger partial charge on any atom is -0.373 e. The molecule has 0 aliphatic rings. The largest absolute Gasteiger partial charge is 0.373 e. The molecule has 0 saturated carbocycles. The van der Waals surface area contributed by atoms with Crippen molar-refractivity contribution >= 4 is 9.84 Å². The predicted molar refractivity (Wildman–Crippen MR) is 63.3 cm³/mol. The van der Waals surface area contributed by atoms with Crippen LogP contribution in [-0.4, -0.2) is 51.5 Å². The Morgan fingerprint density at radius 3 is 2.37 bits per heavy atom. The lowest BCUT2D eigenvalue weighted by molar-refractivity contribution is -0.166. The van der Waals surface area contributed by atoms with Gasteiger partial charge in [0.1, 0.15) is 16.4 Å². The van der Waals surface area contributed by atoms with E-state index in [1.165, 1.54) is 6.92 Å². The van der Waals surface area contributed by atoms with Crippen LogP contribution in [0.3, 0.4) is 0 Å². The smallest absolute Gasteiger partial charge is 0.330 e. The van der Waals surface area contributed by atoms with Crippen LogP contribution in [0.1, 0.15) is 19.8 Å². The molecule has 0 aromatic rings. The van der Waals surface area contributed by atoms with E-state index in [0.717, 1.165) is 0 Å². The normalized spacial score (nSPS) is 14.9. The number of sulfone groups is 1. The van der Waals surface area contributed by atoms with E-state index in [2.05, 4.69) is 4.74 Å². The van der Waals surface area contributed by atoms with Gasteiger partial charge < -0.3 is 10.5 Å². The Morgan fingerprint density at radius 2 is 1.89 bits per heavy atom. The molecule has 19 heavy (non-hydrogen) atoms. The van der Waals surface area contributed by atoms with Gasteiger partial charge in [-0.05, 0) is 12.8 Å². The topological polar surface area (TPSA) is 69.4 Å². The maximum atomic E-state index is 12.5. The van der Waals surface area contributed by atoms with Crippen molar-refractivity contribution in [2.45, 2.75) is 38.2 Å². The van der Waals surface area contributed by atoms with Gasteiger partial charge in [-0.2, -0.15) is 8.78 Å². The van der Waals surface area contributed by atoms with Crippen LogP contribution in [0.4, 0.5) is 17.6 Å².